The van der Waals surface area contributed by atoms with E-state index in [0.717, 1.165) is 21.3 Å². The third kappa shape index (κ3) is 4.96. The molecule has 2 N–H and O–H groups in total. The number of nitrogens with zero attached hydrogens (tertiary/aromatic N) is 3. The standard InChI is InChI=1S/C20H15Cl2N5O2S2/c1-29-18(28)17-16(22)14-7-6-13(8-15(14)31-17)24-20(30)25-19-23-10-27(26-19)9-11-2-4-12(21)5-3-11/h2-8,10H,9H2,1H3,(H2,24,25,26,30). The molecule has 4 rings (SSSR count). The number of hydrogen-bond acceptors (Lipinski definition) is 6. The summed E-state index contributed by atoms with van der Waals surface area (Å²) in [5, 5.41) is 12.6. The Morgan fingerprint density at radius 2 is 1.97 bits per heavy atom. The number of benzene rings is 2. The van der Waals surface area contributed by atoms with Crippen LogP contribution in [0.4, 0.5) is 11.6 Å². The van der Waals surface area contributed by atoms with Crippen molar-refractivity contribution in [2.45, 2.75) is 6.54 Å². The van der Waals surface area contributed by atoms with Crippen LogP contribution in [0.15, 0.2) is 48.8 Å². The lowest BCUT2D eigenvalue weighted by molar-refractivity contribution is 0.0606. The predicted octanol–water partition coefficient (Wildman–Crippen LogP) is 5.44. The zero-order chi connectivity index (χ0) is 22.0. The summed E-state index contributed by atoms with van der Waals surface area (Å²) in [4.78, 5) is 16.4. The van der Waals surface area contributed by atoms with E-state index in [4.69, 9.17) is 40.2 Å². The van der Waals surface area contributed by atoms with Gasteiger partial charge in [0.15, 0.2) is 5.11 Å². The molecule has 0 aliphatic rings. The number of thiocarbonyl (C=S) groups is 1. The van der Waals surface area contributed by atoms with E-state index in [2.05, 4.69) is 20.7 Å². The summed E-state index contributed by atoms with van der Waals surface area (Å²) >= 11 is 18.8. The molecule has 0 radical (unpaired) electrons. The first-order chi connectivity index (χ1) is 14.9. The van der Waals surface area contributed by atoms with Crippen molar-refractivity contribution in [1.29, 1.82) is 0 Å². The van der Waals surface area contributed by atoms with Crippen molar-refractivity contribution in [1.82, 2.24) is 14.8 Å². The fourth-order valence-electron chi connectivity index (χ4n) is 2.84. The summed E-state index contributed by atoms with van der Waals surface area (Å²) in [6.07, 6.45) is 1.62. The van der Waals surface area contributed by atoms with Crippen LogP contribution < -0.4 is 10.6 Å². The molecule has 0 amide bonds. The van der Waals surface area contributed by atoms with Crippen LogP contribution in [-0.2, 0) is 11.3 Å². The fourth-order valence-corrected chi connectivity index (χ4v) is 4.64. The number of rotatable bonds is 5. The summed E-state index contributed by atoms with van der Waals surface area (Å²) in [6.45, 7) is 0.560. The van der Waals surface area contributed by atoms with Crippen LogP contribution in [0.5, 0.6) is 0 Å². The zero-order valence-electron chi connectivity index (χ0n) is 16.1. The van der Waals surface area contributed by atoms with Crippen molar-refractivity contribution in [2.75, 3.05) is 17.7 Å². The molecule has 0 aliphatic heterocycles. The Bertz CT molecular complexity index is 1270. The van der Waals surface area contributed by atoms with Gasteiger partial charge in [0.05, 0.1) is 18.7 Å². The number of fused-ring (bicyclic) bond motifs is 1. The van der Waals surface area contributed by atoms with Crippen LogP contribution in [0, 0.1) is 0 Å². The number of methoxy groups -OCH3 is 1. The molecule has 11 heteroatoms. The van der Waals surface area contributed by atoms with Crippen LogP contribution in [0.2, 0.25) is 10.0 Å². The highest BCUT2D eigenvalue weighted by Crippen LogP contribution is 2.37. The lowest BCUT2D eigenvalue weighted by atomic mass is 10.2. The number of halogens is 2. The number of carbonyl (C=O) groups is 1. The van der Waals surface area contributed by atoms with Crippen molar-refractivity contribution in [3.8, 4) is 0 Å². The van der Waals surface area contributed by atoms with Crippen LogP contribution in [0.3, 0.4) is 0 Å². The first-order valence-electron chi connectivity index (χ1n) is 8.95. The van der Waals surface area contributed by atoms with E-state index >= 15 is 0 Å². The van der Waals surface area contributed by atoms with Gasteiger partial charge in [0.1, 0.15) is 11.2 Å². The molecule has 0 aliphatic carbocycles. The SMILES string of the molecule is COC(=O)c1sc2cc(NC(=S)Nc3ncn(Cc4ccc(Cl)cc4)n3)ccc2c1Cl. The number of thiophene rings is 1. The Hall–Kier alpha value is -2.72. The average Bonchev–Trinajstić information content (AvgIpc) is 3.32. The van der Waals surface area contributed by atoms with Gasteiger partial charge in [0, 0.05) is 20.8 Å². The second-order valence-electron chi connectivity index (χ2n) is 6.42. The molecule has 0 saturated carbocycles. The normalized spacial score (nSPS) is 10.8. The van der Waals surface area contributed by atoms with Crippen molar-refractivity contribution >= 4 is 79.6 Å². The van der Waals surface area contributed by atoms with Crippen molar-refractivity contribution in [3.63, 3.8) is 0 Å². The molecule has 0 spiro atoms. The third-order valence-electron chi connectivity index (χ3n) is 4.28. The van der Waals surface area contributed by atoms with Gasteiger partial charge in [0.2, 0.25) is 5.95 Å². The zero-order valence-corrected chi connectivity index (χ0v) is 19.2. The van der Waals surface area contributed by atoms with Gasteiger partial charge in [-0.2, -0.15) is 0 Å². The minimum absolute atomic E-state index is 0.333. The van der Waals surface area contributed by atoms with E-state index < -0.39 is 5.97 Å². The minimum Gasteiger partial charge on any atom is -0.465 e. The molecule has 7 nitrogen and oxygen atoms in total. The van der Waals surface area contributed by atoms with Crippen LogP contribution >= 0.6 is 46.8 Å². The van der Waals surface area contributed by atoms with Gasteiger partial charge in [-0.1, -0.05) is 35.3 Å². The van der Waals surface area contributed by atoms with Crippen molar-refractivity contribution < 1.29 is 9.53 Å². The van der Waals surface area contributed by atoms with E-state index in [1.54, 1.807) is 11.0 Å². The van der Waals surface area contributed by atoms with Crippen molar-refractivity contribution in [2.24, 2.45) is 0 Å². The predicted molar refractivity (Wildman–Crippen MR) is 129 cm³/mol. The number of aromatic nitrogens is 3. The molecular weight excluding hydrogens is 477 g/mol. The summed E-state index contributed by atoms with van der Waals surface area (Å²) in [7, 11) is 1.32. The van der Waals surface area contributed by atoms with Gasteiger partial charge in [-0.05, 0) is 48.1 Å². The topological polar surface area (TPSA) is 81.1 Å². The first-order valence-corrected chi connectivity index (χ1v) is 10.9. The number of anilines is 2. The lowest BCUT2D eigenvalue weighted by Gasteiger charge is -2.08. The van der Waals surface area contributed by atoms with Gasteiger partial charge >= 0.3 is 5.97 Å². The highest BCUT2D eigenvalue weighted by atomic mass is 35.5. The lowest BCUT2D eigenvalue weighted by Crippen LogP contribution is -2.20. The summed E-state index contributed by atoms with van der Waals surface area (Å²) in [5.74, 6) is -0.0853. The van der Waals surface area contributed by atoms with E-state index in [0.29, 0.717) is 32.5 Å². The van der Waals surface area contributed by atoms with E-state index in [1.807, 2.05) is 42.5 Å². The monoisotopic (exact) mass is 491 g/mol. The Kier molecular flexibility index (Phi) is 6.38. The molecule has 2 aromatic carbocycles. The highest BCUT2D eigenvalue weighted by Gasteiger charge is 2.18. The average molecular weight is 492 g/mol. The van der Waals surface area contributed by atoms with E-state index in [9.17, 15) is 4.79 Å². The summed E-state index contributed by atoms with van der Waals surface area (Å²) in [5.41, 5.74) is 1.79. The Labute approximate surface area is 196 Å². The second kappa shape index (κ2) is 9.19. The number of carbonyl (C=O) groups excluding carboxylic acids is 1. The molecule has 0 unspecified atom stereocenters. The van der Waals surface area contributed by atoms with Gasteiger partial charge in [-0.3, -0.25) is 5.32 Å². The molecule has 0 bridgehead atoms. The highest BCUT2D eigenvalue weighted by molar-refractivity contribution is 7.80. The van der Waals surface area contributed by atoms with Gasteiger partial charge in [-0.25, -0.2) is 14.5 Å². The molecule has 0 saturated heterocycles. The first kappa shape index (κ1) is 21.5. The number of hydrogen-bond donors (Lipinski definition) is 2. The molecule has 2 heterocycles. The Morgan fingerprint density at radius 1 is 1.19 bits per heavy atom. The van der Waals surface area contributed by atoms with Gasteiger partial charge < -0.3 is 10.1 Å². The maximum Gasteiger partial charge on any atom is 0.349 e. The van der Waals surface area contributed by atoms with Crippen LogP contribution in [-0.4, -0.2) is 33.0 Å². The molecule has 0 atom stereocenters. The summed E-state index contributed by atoms with van der Waals surface area (Å²) in [6, 6.07) is 13.0. The quantitative estimate of drug-likeness (QED) is 0.284. The molecule has 2 aromatic heterocycles. The minimum atomic E-state index is -0.460. The van der Waals surface area contributed by atoms with E-state index in [1.165, 1.54) is 18.4 Å². The van der Waals surface area contributed by atoms with Gasteiger partial charge in [0.25, 0.3) is 0 Å². The second-order valence-corrected chi connectivity index (χ2v) is 8.69. The van der Waals surface area contributed by atoms with Crippen LogP contribution in [0.1, 0.15) is 15.2 Å². The van der Waals surface area contributed by atoms with Crippen LogP contribution in [0.25, 0.3) is 10.1 Å². The Morgan fingerprint density at radius 3 is 2.71 bits per heavy atom. The molecule has 4 aromatic rings. The molecule has 0 fully saturated rings. The maximum atomic E-state index is 11.8. The fraction of sp³-hybridized carbons (Fsp3) is 0.100. The number of ether oxygens (including phenoxy) is 1. The largest absolute Gasteiger partial charge is 0.465 e. The number of esters is 1. The Balaban J connectivity index is 1.41. The van der Waals surface area contributed by atoms with E-state index in [-0.39, 0.29) is 0 Å². The smallest absolute Gasteiger partial charge is 0.349 e. The number of nitrogens with one attached hydrogen (secondary N) is 2. The third-order valence-corrected chi connectivity index (χ3v) is 6.37. The maximum absolute atomic E-state index is 11.8. The van der Waals surface area contributed by atoms with Crippen molar-refractivity contribution in [3.05, 3.63) is 69.3 Å². The summed E-state index contributed by atoms with van der Waals surface area (Å²) < 4.78 is 7.30. The molecule has 31 heavy (non-hydrogen) atoms. The molecular formula is C20H15Cl2N5O2S2. The van der Waals surface area contributed by atoms with Gasteiger partial charge in [-0.15, -0.1) is 16.4 Å². The molecule has 158 valence electrons.